The van der Waals surface area contributed by atoms with Crippen LogP contribution in [0.25, 0.3) is 89.8 Å². The molecule has 1 aliphatic rings. The highest BCUT2D eigenvalue weighted by molar-refractivity contribution is 8.15. The molecule has 0 aliphatic carbocycles. The molecule has 0 amide bonds. The zero-order valence-electron chi connectivity index (χ0n) is 31.7. The van der Waals surface area contributed by atoms with Gasteiger partial charge in [0.25, 0.3) is 0 Å². The van der Waals surface area contributed by atoms with Gasteiger partial charge in [0.05, 0.1) is 9.79 Å². The van der Waals surface area contributed by atoms with Crippen LogP contribution in [0.15, 0.2) is 210 Å². The first-order chi connectivity index (χ1) is 28.3. The van der Waals surface area contributed by atoms with E-state index in [4.69, 9.17) is 15.0 Å². The van der Waals surface area contributed by atoms with Gasteiger partial charge in [-0.2, -0.15) is 4.21 Å². The van der Waals surface area contributed by atoms with Gasteiger partial charge in [-0.05, 0) is 80.9 Å². The summed E-state index contributed by atoms with van der Waals surface area (Å²) in [5.74, 6) is 1.68. The van der Waals surface area contributed by atoms with Crippen LogP contribution in [-0.4, -0.2) is 30.0 Å². The van der Waals surface area contributed by atoms with E-state index in [0.29, 0.717) is 27.3 Å². The third-order valence-corrected chi connectivity index (χ3v) is 13.7. The van der Waals surface area contributed by atoms with Crippen molar-refractivity contribution >= 4 is 9.35 Å². The van der Waals surface area contributed by atoms with Gasteiger partial charge in [-0.1, -0.05) is 164 Å². The number of aromatic nitrogens is 3. The summed E-state index contributed by atoms with van der Waals surface area (Å²) in [7, 11) is -4.23. The molecule has 0 bridgehead atoms. The van der Waals surface area contributed by atoms with Crippen molar-refractivity contribution in [1.82, 2.24) is 15.0 Å². The highest BCUT2D eigenvalue weighted by Gasteiger charge is 2.39. The molecule has 1 aromatic heterocycles. The molecule has 8 aromatic carbocycles. The SMILES string of the molecule is CS1(=O)(O)c2ccccc2-c2cc(-c3cc(-c4ccccc4)cc(-c4nc(-c5ccc(-c6ccccc6)cc5)nc(-c5ccc(-c6ccccc6)cc5)n4)c3)ccc21. The van der Waals surface area contributed by atoms with Crippen LogP contribution in [0, 0.1) is 0 Å². The van der Waals surface area contributed by atoms with Crippen LogP contribution in [-0.2, 0) is 9.35 Å². The summed E-state index contributed by atoms with van der Waals surface area (Å²) in [5.41, 5.74) is 12.5. The van der Waals surface area contributed by atoms with E-state index in [1.54, 1.807) is 6.07 Å². The minimum atomic E-state index is -4.23. The zero-order valence-corrected chi connectivity index (χ0v) is 32.5. The Morgan fingerprint density at radius 2 is 0.672 bits per heavy atom. The maximum absolute atomic E-state index is 14.2. The van der Waals surface area contributed by atoms with Crippen molar-refractivity contribution in [2.24, 2.45) is 0 Å². The maximum atomic E-state index is 14.2. The summed E-state index contributed by atoms with van der Waals surface area (Å²) >= 11 is 0. The van der Waals surface area contributed by atoms with Crippen LogP contribution < -0.4 is 0 Å². The molecule has 58 heavy (non-hydrogen) atoms. The fourth-order valence-corrected chi connectivity index (χ4v) is 10.3. The summed E-state index contributed by atoms with van der Waals surface area (Å²) < 4.78 is 25.8. The monoisotopic (exact) mass is 767 g/mol. The Kier molecular flexibility index (Phi) is 8.41. The molecule has 0 fully saturated rings. The van der Waals surface area contributed by atoms with Crippen LogP contribution >= 0.6 is 0 Å². The average Bonchev–Trinajstić information content (AvgIpc) is 3.48. The Labute approximate surface area is 337 Å². The number of hydrogen-bond donors (Lipinski definition) is 1. The molecule has 0 radical (unpaired) electrons. The smallest absolute Gasteiger partial charge is 0.164 e. The Morgan fingerprint density at radius 3 is 1.19 bits per heavy atom. The fourth-order valence-electron chi connectivity index (χ4n) is 7.93. The van der Waals surface area contributed by atoms with Crippen molar-refractivity contribution in [3.63, 3.8) is 0 Å². The van der Waals surface area contributed by atoms with Crippen LogP contribution in [0.2, 0.25) is 0 Å². The van der Waals surface area contributed by atoms with E-state index < -0.39 is 9.35 Å². The number of rotatable bonds is 7. The molecule has 2 heterocycles. The zero-order chi connectivity index (χ0) is 39.3. The molecule has 0 unspecified atom stereocenters. The van der Waals surface area contributed by atoms with Crippen molar-refractivity contribution in [2.75, 3.05) is 6.26 Å². The van der Waals surface area contributed by atoms with Crippen LogP contribution in [0.1, 0.15) is 0 Å². The van der Waals surface area contributed by atoms with E-state index in [-0.39, 0.29) is 0 Å². The predicted octanol–water partition coefficient (Wildman–Crippen LogP) is 12.9. The standard InChI is InChI=1S/C52H37N3O2S/c1-58(56,57)48-20-12-11-19-46(48)47-34-42(29-30-49(47)58)44-31-43(37-17-9-4-10-18-37)32-45(33-44)52-54-50(40-25-21-38(22-26-40)35-13-5-2-6-14-35)53-51(55-52)41-27-23-39(24-28-41)36-15-7-3-8-16-36/h2-34H,1H3,(H,56,57). The van der Waals surface area contributed by atoms with Crippen LogP contribution in [0.5, 0.6) is 0 Å². The molecule has 6 heteroatoms. The van der Waals surface area contributed by atoms with Crippen LogP contribution in [0.4, 0.5) is 0 Å². The van der Waals surface area contributed by atoms with Crippen molar-refractivity contribution < 1.29 is 8.76 Å². The normalized spacial score (nSPS) is 14.1. The topological polar surface area (TPSA) is 76.0 Å². The molecule has 0 saturated heterocycles. The quantitative estimate of drug-likeness (QED) is 0.175. The average molecular weight is 768 g/mol. The lowest BCUT2D eigenvalue weighted by Gasteiger charge is -2.35. The third-order valence-electron chi connectivity index (χ3n) is 11.0. The lowest BCUT2D eigenvalue weighted by atomic mass is 9.94. The van der Waals surface area contributed by atoms with Crippen molar-refractivity contribution in [3.05, 3.63) is 200 Å². The molecule has 5 nitrogen and oxygen atoms in total. The third kappa shape index (κ3) is 6.35. The van der Waals surface area contributed by atoms with E-state index in [1.165, 1.54) is 6.26 Å². The predicted molar refractivity (Wildman–Crippen MR) is 237 cm³/mol. The van der Waals surface area contributed by atoms with Gasteiger partial charge in [0.2, 0.25) is 0 Å². The van der Waals surface area contributed by atoms with E-state index >= 15 is 0 Å². The Balaban J connectivity index is 1.14. The number of hydrogen-bond acceptors (Lipinski definition) is 4. The van der Waals surface area contributed by atoms with Gasteiger partial charge in [0, 0.05) is 34.1 Å². The molecule has 0 atom stereocenters. The number of fused-ring (bicyclic) bond motifs is 3. The highest BCUT2D eigenvalue weighted by Crippen LogP contribution is 2.54. The van der Waals surface area contributed by atoms with Gasteiger partial charge in [0.15, 0.2) is 17.5 Å². The second-order valence-corrected chi connectivity index (χ2v) is 18.3. The first-order valence-electron chi connectivity index (χ1n) is 19.2. The van der Waals surface area contributed by atoms with Crippen molar-refractivity contribution in [3.8, 4) is 89.8 Å². The maximum Gasteiger partial charge on any atom is 0.164 e. The van der Waals surface area contributed by atoms with Gasteiger partial charge >= 0.3 is 0 Å². The Morgan fingerprint density at radius 1 is 0.328 bits per heavy atom. The van der Waals surface area contributed by atoms with Gasteiger partial charge in [-0.15, -0.1) is 9.35 Å². The summed E-state index contributed by atoms with van der Waals surface area (Å²) in [6.45, 7) is 0. The van der Waals surface area contributed by atoms with Gasteiger partial charge < -0.3 is 0 Å². The van der Waals surface area contributed by atoms with E-state index in [1.807, 2.05) is 91.0 Å². The fraction of sp³-hybridized carbons (Fsp3) is 0.0192. The van der Waals surface area contributed by atoms with E-state index in [2.05, 4.69) is 103 Å². The second-order valence-electron chi connectivity index (χ2n) is 14.8. The lowest BCUT2D eigenvalue weighted by molar-refractivity contribution is 0.522. The van der Waals surface area contributed by atoms with E-state index in [9.17, 15) is 8.76 Å². The van der Waals surface area contributed by atoms with Gasteiger partial charge in [-0.25, -0.2) is 15.0 Å². The molecular weight excluding hydrogens is 731 g/mol. The molecule has 1 aliphatic heterocycles. The summed E-state index contributed by atoms with van der Waals surface area (Å²) in [6, 6.07) is 67.2. The lowest BCUT2D eigenvalue weighted by Crippen LogP contribution is -2.28. The first kappa shape index (κ1) is 35.3. The van der Waals surface area contributed by atoms with Crippen LogP contribution in [0.3, 0.4) is 0 Å². The number of benzene rings is 8. The molecule has 278 valence electrons. The highest BCUT2D eigenvalue weighted by atomic mass is 32.3. The largest absolute Gasteiger partial charge is 0.295 e. The Hall–Kier alpha value is -7.12. The molecule has 1 N–H and O–H groups in total. The molecular formula is C52H37N3O2S. The molecule has 10 rings (SSSR count). The number of nitrogens with zero attached hydrogens (tertiary/aromatic N) is 3. The first-order valence-corrected chi connectivity index (χ1v) is 21.5. The minimum absolute atomic E-state index is 0.449. The molecule has 0 saturated carbocycles. The van der Waals surface area contributed by atoms with Gasteiger partial charge in [0.1, 0.15) is 0 Å². The Bertz CT molecular complexity index is 2950. The molecule has 0 spiro atoms. The second kappa shape index (κ2) is 13.8. The summed E-state index contributed by atoms with van der Waals surface area (Å²) in [6.07, 6.45) is 1.45. The summed E-state index contributed by atoms with van der Waals surface area (Å²) in [4.78, 5) is 16.3. The van der Waals surface area contributed by atoms with Crippen molar-refractivity contribution in [2.45, 2.75) is 9.79 Å². The summed E-state index contributed by atoms with van der Waals surface area (Å²) in [5, 5.41) is 0. The molecule has 9 aromatic rings. The minimum Gasteiger partial charge on any atom is -0.295 e. The van der Waals surface area contributed by atoms with Crippen molar-refractivity contribution in [1.29, 1.82) is 0 Å². The van der Waals surface area contributed by atoms with E-state index in [0.717, 1.165) is 72.3 Å². The van der Waals surface area contributed by atoms with Gasteiger partial charge in [-0.3, -0.25) is 4.55 Å².